The second-order valence-corrected chi connectivity index (χ2v) is 8.03. The van der Waals surface area contributed by atoms with Gasteiger partial charge in [0.2, 0.25) is 11.8 Å². The molecule has 25 heavy (non-hydrogen) atoms. The number of nitrogens with zero attached hydrogens (tertiary/aromatic N) is 4. The van der Waals surface area contributed by atoms with Gasteiger partial charge in [0, 0.05) is 38.1 Å². The molecule has 1 amide bonds. The topological polar surface area (TPSA) is 88.5 Å². The first-order valence-corrected chi connectivity index (χ1v) is 9.30. The van der Waals surface area contributed by atoms with Crippen molar-refractivity contribution in [1.82, 2.24) is 19.9 Å². The molecule has 1 aliphatic heterocycles. The normalized spacial score (nSPS) is 17.1. The van der Waals surface area contributed by atoms with Crippen LogP contribution in [0.1, 0.15) is 59.2 Å². The number of hydrogen-bond acceptors (Lipinski definition) is 6. The molecule has 0 aliphatic carbocycles. The second kappa shape index (κ2) is 7.83. The molecule has 0 unspecified atom stereocenters. The smallest absolute Gasteiger partial charge is 0.232 e. The molecule has 0 spiro atoms. The zero-order valence-electron chi connectivity index (χ0n) is 16.3. The van der Waals surface area contributed by atoms with Crippen LogP contribution in [0.3, 0.4) is 0 Å². The predicted octanol–water partition coefficient (Wildman–Crippen LogP) is 1.78. The maximum Gasteiger partial charge on any atom is 0.232 e. The van der Waals surface area contributed by atoms with E-state index in [2.05, 4.69) is 35.8 Å². The van der Waals surface area contributed by atoms with Crippen LogP contribution < -0.4 is 5.73 Å². The van der Waals surface area contributed by atoms with Gasteiger partial charge in [0.15, 0.2) is 5.82 Å². The van der Waals surface area contributed by atoms with Crippen molar-refractivity contribution in [3.8, 4) is 0 Å². The van der Waals surface area contributed by atoms with Crippen LogP contribution in [0.15, 0.2) is 4.52 Å². The fraction of sp³-hybridized carbons (Fsp3) is 0.833. The number of carbonyl (C=O) groups excluding carboxylic acids is 1. The molecular formula is C18H33N5O2. The van der Waals surface area contributed by atoms with E-state index in [0.29, 0.717) is 24.8 Å². The first-order chi connectivity index (χ1) is 11.8. The van der Waals surface area contributed by atoms with E-state index in [0.717, 1.165) is 39.0 Å². The van der Waals surface area contributed by atoms with Crippen LogP contribution in [0.2, 0.25) is 0 Å². The van der Waals surface area contributed by atoms with Crippen molar-refractivity contribution in [2.24, 2.45) is 11.1 Å². The van der Waals surface area contributed by atoms with Gasteiger partial charge < -0.3 is 15.2 Å². The van der Waals surface area contributed by atoms with Gasteiger partial charge in [-0.05, 0) is 12.8 Å². The Balaban J connectivity index is 1.91. The molecule has 0 radical (unpaired) electrons. The van der Waals surface area contributed by atoms with Crippen molar-refractivity contribution in [3.63, 3.8) is 0 Å². The second-order valence-electron chi connectivity index (χ2n) is 8.03. The summed E-state index contributed by atoms with van der Waals surface area (Å²) in [6.45, 7) is 14.4. The van der Waals surface area contributed by atoms with Crippen LogP contribution >= 0.6 is 0 Å². The molecule has 7 heteroatoms. The van der Waals surface area contributed by atoms with E-state index < -0.39 is 5.41 Å². The van der Waals surface area contributed by atoms with Gasteiger partial charge in [-0.25, -0.2) is 0 Å². The Kier molecular flexibility index (Phi) is 6.21. The SMILES string of the molecule is CCC(CC)(CN)C(=O)N1CCN(Cc2noc(C(C)(C)C)n2)CC1. The van der Waals surface area contributed by atoms with Gasteiger partial charge in [0.25, 0.3) is 0 Å². The van der Waals surface area contributed by atoms with Gasteiger partial charge in [-0.1, -0.05) is 39.8 Å². The number of piperazine rings is 1. The molecule has 2 heterocycles. The molecule has 0 atom stereocenters. The molecule has 2 N–H and O–H groups in total. The highest BCUT2D eigenvalue weighted by Crippen LogP contribution is 2.28. The van der Waals surface area contributed by atoms with Gasteiger partial charge in [0.1, 0.15) is 0 Å². The lowest BCUT2D eigenvalue weighted by Gasteiger charge is -2.40. The van der Waals surface area contributed by atoms with E-state index in [9.17, 15) is 4.79 Å². The Morgan fingerprint density at radius 2 is 1.76 bits per heavy atom. The molecule has 7 nitrogen and oxygen atoms in total. The van der Waals surface area contributed by atoms with Crippen molar-refractivity contribution >= 4 is 5.91 Å². The quantitative estimate of drug-likeness (QED) is 0.840. The minimum Gasteiger partial charge on any atom is -0.340 e. The fourth-order valence-corrected chi connectivity index (χ4v) is 3.20. The number of hydrogen-bond donors (Lipinski definition) is 1. The zero-order chi connectivity index (χ0) is 18.7. The van der Waals surface area contributed by atoms with E-state index in [1.807, 2.05) is 18.7 Å². The monoisotopic (exact) mass is 351 g/mol. The summed E-state index contributed by atoms with van der Waals surface area (Å²) in [5.41, 5.74) is 5.38. The van der Waals surface area contributed by atoms with E-state index >= 15 is 0 Å². The first-order valence-electron chi connectivity index (χ1n) is 9.30. The molecular weight excluding hydrogens is 318 g/mol. The maximum absolute atomic E-state index is 12.9. The van der Waals surface area contributed by atoms with Gasteiger partial charge in [0.05, 0.1) is 12.0 Å². The van der Waals surface area contributed by atoms with E-state index in [4.69, 9.17) is 10.3 Å². The number of rotatable bonds is 6. The third-order valence-electron chi connectivity index (χ3n) is 5.33. The summed E-state index contributed by atoms with van der Waals surface area (Å²) in [6.07, 6.45) is 1.58. The third kappa shape index (κ3) is 4.39. The molecule has 1 aromatic rings. The Hall–Kier alpha value is -1.47. The molecule has 1 saturated heterocycles. The number of aromatic nitrogens is 2. The maximum atomic E-state index is 12.9. The molecule has 0 aromatic carbocycles. The Labute approximate surface area is 150 Å². The van der Waals surface area contributed by atoms with Crippen molar-refractivity contribution in [3.05, 3.63) is 11.7 Å². The average Bonchev–Trinajstić information content (AvgIpc) is 3.06. The molecule has 2 rings (SSSR count). The van der Waals surface area contributed by atoms with Crippen LogP contribution in [0.5, 0.6) is 0 Å². The van der Waals surface area contributed by atoms with E-state index in [1.54, 1.807) is 0 Å². The number of nitrogens with two attached hydrogens (primary N) is 1. The lowest BCUT2D eigenvalue weighted by atomic mass is 9.81. The fourth-order valence-electron chi connectivity index (χ4n) is 3.20. The molecule has 1 aliphatic rings. The summed E-state index contributed by atoms with van der Waals surface area (Å²) in [4.78, 5) is 21.6. The highest BCUT2D eigenvalue weighted by atomic mass is 16.5. The van der Waals surface area contributed by atoms with Crippen molar-refractivity contribution < 1.29 is 9.32 Å². The minimum atomic E-state index is -0.405. The Morgan fingerprint density at radius 1 is 1.16 bits per heavy atom. The molecule has 1 aromatic heterocycles. The molecule has 1 fully saturated rings. The summed E-state index contributed by atoms with van der Waals surface area (Å²) in [7, 11) is 0. The molecule has 0 bridgehead atoms. The highest BCUT2D eigenvalue weighted by molar-refractivity contribution is 5.83. The number of carbonyl (C=O) groups is 1. The third-order valence-corrected chi connectivity index (χ3v) is 5.33. The van der Waals surface area contributed by atoms with Crippen molar-refractivity contribution in [2.45, 2.75) is 59.4 Å². The summed E-state index contributed by atoms with van der Waals surface area (Å²) in [5.74, 6) is 1.58. The first kappa shape index (κ1) is 19.8. The van der Waals surface area contributed by atoms with Gasteiger partial charge in [-0.15, -0.1) is 0 Å². The molecule has 0 saturated carbocycles. The van der Waals surface area contributed by atoms with Crippen LogP contribution in [0.4, 0.5) is 0 Å². The summed E-state index contributed by atoms with van der Waals surface area (Å²) < 4.78 is 5.35. The summed E-state index contributed by atoms with van der Waals surface area (Å²) in [5, 5.41) is 4.09. The van der Waals surface area contributed by atoms with Gasteiger partial charge >= 0.3 is 0 Å². The van der Waals surface area contributed by atoms with E-state index in [1.165, 1.54) is 0 Å². The highest BCUT2D eigenvalue weighted by Gasteiger charge is 2.37. The number of amides is 1. The predicted molar refractivity (Wildman–Crippen MR) is 96.9 cm³/mol. The van der Waals surface area contributed by atoms with Crippen molar-refractivity contribution in [2.75, 3.05) is 32.7 Å². The van der Waals surface area contributed by atoms with Crippen LogP contribution in [-0.2, 0) is 16.8 Å². The van der Waals surface area contributed by atoms with Crippen LogP contribution in [-0.4, -0.2) is 58.6 Å². The summed E-state index contributed by atoms with van der Waals surface area (Å²) in [6, 6.07) is 0. The standard InChI is InChI=1S/C18H33N5O2/c1-6-18(7-2,13-19)16(24)23-10-8-22(9-11-23)12-14-20-15(25-21-14)17(3,4)5/h6-13,19H2,1-5H3. The van der Waals surface area contributed by atoms with E-state index in [-0.39, 0.29) is 11.3 Å². The molecule has 142 valence electrons. The minimum absolute atomic E-state index is 0.137. The van der Waals surface area contributed by atoms with Crippen LogP contribution in [0.25, 0.3) is 0 Å². The largest absolute Gasteiger partial charge is 0.340 e. The van der Waals surface area contributed by atoms with Crippen LogP contribution in [0, 0.1) is 5.41 Å². The van der Waals surface area contributed by atoms with Crippen molar-refractivity contribution in [1.29, 1.82) is 0 Å². The van der Waals surface area contributed by atoms with Gasteiger partial charge in [-0.2, -0.15) is 4.98 Å². The Morgan fingerprint density at radius 3 is 2.20 bits per heavy atom. The average molecular weight is 351 g/mol. The lowest BCUT2D eigenvalue weighted by Crippen LogP contribution is -2.54. The lowest BCUT2D eigenvalue weighted by molar-refractivity contribution is -0.144. The Bertz CT molecular complexity index is 558. The van der Waals surface area contributed by atoms with Gasteiger partial charge in [-0.3, -0.25) is 9.69 Å². The summed E-state index contributed by atoms with van der Waals surface area (Å²) >= 11 is 0. The zero-order valence-corrected chi connectivity index (χ0v) is 16.3.